The second-order valence-corrected chi connectivity index (χ2v) is 7.64. The van der Waals surface area contributed by atoms with Crippen LogP contribution in [-0.2, 0) is 10.9 Å². The minimum absolute atomic E-state index is 0.0146. The van der Waals surface area contributed by atoms with Crippen LogP contribution < -0.4 is 5.02 Å². The maximum Gasteiger partial charge on any atom is 0.631 e. The molecule has 0 bridgehead atoms. The monoisotopic (exact) mass is 510 g/mol. The smallest absolute Gasteiger partial charge is 0.631 e. The number of benzene rings is 3. The Hall–Kier alpha value is -2.21. The van der Waals surface area contributed by atoms with Gasteiger partial charge < -0.3 is 60.3 Å². The summed E-state index contributed by atoms with van der Waals surface area (Å²) in [7, 11) is -8.93. The maximum atomic E-state index is 8.64. The minimum atomic E-state index is -2.42. The van der Waals surface area contributed by atoms with Gasteiger partial charge in [0.2, 0.25) is 0 Å². The van der Waals surface area contributed by atoms with Crippen molar-refractivity contribution in [3.63, 3.8) is 0 Å². The molecule has 3 aromatic carbocycles. The quantitative estimate of drug-likeness (QED) is 0.119. The average Bonchev–Trinajstić information content (AvgIpc) is 2.75. The average molecular weight is 510 g/mol. The maximum absolute atomic E-state index is 8.64. The van der Waals surface area contributed by atoms with Gasteiger partial charge in [-0.1, -0.05) is 54.6 Å². The molecule has 11 N–H and O–H groups in total. The molecule has 0 radical (unpaired) electrons. The van der Waals surface area contributed by atoms with Crippen molar-refractivity contribution in [3.8, 4) is 0 Å². The van der Waals surface area contributed by atoms with Gasteiger partial charge in [0.1, 0.15) is 0 Å². The molecular weight excluding hydrogens is 484 g/mol. The Labute approximate surface area is 206 Å². The molecule has 17 heteroatoms. The largest absolute Gasteiger partial charge is 0.832 e. The zero-order valence-corrected chi connectivity index (χ0v) is 19.0. The van der Waals surface area contributed by atoms with Crippen LogP contribution in [-0.4, -0.2) is 84.5 Å². The van der Waals surface area contributed by atoms with Gasteiger partial charge in [-0.2, -0.15) is 0 Å². The fraction of sp³-hybridized carbons (Fsp3) is 0. The predicted molar refractivity (Wildman–Crippen MR) is 129 cm³/mol. The van der Waals surface area contributed by atoms with E-state index in [1.807, 2.05) is 0 Å². The molecule has 0 aliphatic rings. The normalized spacial score (nSPS) is 8.83. The molecule has 0 heterocycles. The van der Waals surface area contributed by atoms with Gasteiger partial charge in [0.05, 0.1) is 10.9 Å². The van der Waals surface area contributed by atoms with Crippen LogP contribution >= 0.6 is 0 Å². The lowest BCUT2D eigenvalue weighted by Gasteiger charge is -2.07. The second kappa shape index (κ2) is 22.3. The molecule has 0 fully saturated rings. The molecule has 3 aromatic rings. The van der Waals surface area contributed by atoms with E-state index in [1.54, 1.807) is 0 Å². The highest BCUT2D eigenvalue weighted by Gasteiger charge is 2.27. The Bertz CT molecular complexity index is 708. The van der Waals surface area contributed by atoms with Crippen LogP contribution in [0.25, 0.3) is 0 Å². The van der Waals surface area contributed by atoms with E-state index in [4.69, 9.17) is 60.3 Å². The molecule has 12 nitrogen and oxygen atoms in total. The molecule has 0 aromatic heterocycles. The van der Waals surface area contributed by atoms with Crippen molar-refractivity contribution in [1.29, 1.82) is 0 Å². The Morgan fingerprint density at radius 1 is 0.400 bits per heavy atom. The van der Waals surface area contributed by atoms with Crippen LogP contribution in [0.4, 0.5) is 0 Å². The van der Waals surface area contributed by atoms with Gasteiger partial charge in [0.25, 0.3) is 0 Å². The van der Waals surface area contributed by atoms with Crippen molar-refractivity contribution in [3.05, 3.63) is 91.0 Å². The van der Waals surface area contributed by atoms with Crippen LogP contribution in [0, 0.1) is 0 Å². The molecule has 0 unspecified atom stereocenters. The first-order chi connectivity index (χ1) is 16.4. The lowest BCUT2D eigenvalue weighted by molar-refractivity contribution is -0.242. The number of hydrogen-bond acceptors (Lipinski definition) is 12. The van der Waals surface area contributed by atoms with Gasteiger partial charge in [-0.15, -0.1) is 0 Å². The Morgan fingerprint density at radius 3 is 0.686 bits per heavy atom. The van der Waals surface area contributed by atoms with E-state index in [0.29, 0.717) is 0 Å². The van der Waals surface area contributed by atoms with Gasteiger partial charge >= 0.3 is 29.3 Å². The van der Waals surface area contributed by atoms with E-state index in [9.17, 15) is 0 Å². The van der Waals surface area contributed by atoms with E-state index >= 15 is 0 Å². The van der Waals surface area contributed by atoms with Gasteiger partial charge in [0, 0.05) is 0 Å². The van der Waals surface area contributed by atoms with Crippen molar-refractivity contribution in [2.75, 3.05) is 0 Å². The third-order valence-electron chi connectivity index (χ3n) is 2.94. The predicted octanol–water partition coefficient (Wildman–Crippen LogP) is -4.06. The summed E-state index contributed by atoms with van der Waals surface area (Å²) in [6, 6.07) is 32.2. The molecule has 0 atom stereocenters. The molecule has 0 saturated heterocycles. The molecule has 188 valence electrons. The van der Waals surface area contributed by atoms with Crippen molar-refractivity contribution in [2.45, 2.75) is 14.7 Å². The first-order valence-corrected chi connectivity index (χ1v) is 10.6. The van der Waals surface area contributed by atoms with Crippen LogP contribution in [0.15, 0.2) is 106 Å². The Kier molecular flexibility index (Phi) is 22.2. The van der Waals surface area contributed by atoms with Crippen molar-refractivity contribution < 1.29 is 60.3 Å². The lowest BCUT2D eigenvalue weighted by atomic mass is 10.3. The number of hydrogen-bond donors (Lipinski definition) is 11. The summed E-state index contributed by atoms with van der Waals surface area (Å²) in [6.07, 6.45) is 0. The third kappa shape index (κ3) is 24.7. The second-order valence-electron chi connectivity index (χ2n) is 5.61. The molecule has 0 amide bonds. The van der Waals surface area contributed by atoms with Crippen LogP contribution in [0.2, 0.25) is 0 Å². The SMILES string of the molecule is OB(O)O.OB(O)O.OB(O)O.[O-]B(O)O.c1ccc([S+](c2ccccc2)c2ccccc2)cc1. The van der Waals surface area contributed by atoms with E-state index in [-0.39, 0.29) is 10.9 Å². The lowest BCUT2D eigenvalue weighted by Crippen LogP contribution is -2.29. The molecular formula is C18H26B4O12S. The van der Waals surface area contributed by atoms with Crippen LogP contribution in [0.3, 0.4) is 0 Å². The molecule has 3 rings (SSSR count). The van der Waals surface area contributed by atoms with Crippen LogP contribution in [0.5, 0.6) is 0 Å². The Morgan fingerprint density at radius 2 is 0.543 bits per heavy atom. The zero-order valence-electron chi connectivity index (χ0n) is 18.2. The minimum Gasteiger partial charge on any atom is -0.832 e. The summed E-state index contributed by atoms with van der Waals surface area (Å²) in [4.78, 5) is 4.08. The summed E-state index contributed by atoms with van der Waals surface area (Å²) in [5, 5.41) is 87.2. The zero-order chi connectivity index (χ0) is 27.2. The van der Waals surface area contributed by atoms with Gasteiger partial charge in [-0.3, -0.25) is 0 Å². The van der Waals surface area contributed by atoms with Crippen LogP contribution in [0.1, 0.15) is 0 Å². The highest BCUT2D eigenvalue weighted by molar-refractivity contribution is 7.97. The van der Waals surface area contributed by atoms with E-state index in [0.717, 1.165) is 0 Å². The first kappa shape index (κ1) is 35.0. The molecule has 0 spiro atoms. The summed E-state index contributed by atoms with van der Waals surface area (Å²) >= 11 is 0. The first-order valence-electron chi connectivity index (χ1n) is 9.42. The van der Waals surface area contributed by atoms with E-state index < -0.39 is 29.3 Å². The summed E-state index contributed by atoms with van der Waals surface area (Å²) in [5.74, 6) is 0. The topological polar surface area (TPSA) is 246 Å². The molecule has 35 heavy (non-hydrogen) atoms. The summed E-state index contributed by atoms with van der Waals surface area (Å²) < 4.78 is 0. The van der Waals surface area contributed by atoms with Gasteiger partial charge in [-0.05, 0) is 36.4 Å². The highest BCUT2D eigenvalue weighted by atomic mass is 32.2. The molecule has 0 aliphatic carbocycles. The van der Waals surface area contributed by atoms with Crippen molar-refractivity contribution in [2.24, 2.45) is 0 Å². The van der Waals surface area contributed by atoms with E-state index in [2.05, 4.69) is 91.0 Å². The highest BCUT2D eigenvalue weighted by Crippen LogP contribution is 2.30. The van der Waals surface area contributed by atoms with Gasteiger partial charge in [0.15, 0.2) is 14.7 Å². The van der Waals surface area contributed by atoms with Crippen molar-refractivity contribution >= 4 is 40.2 Å². The fourth-order valence-electron chi connectivity index (χ4n) is 2.08. The van der Waals surface area contributed by atoms with Crippen molar-refractivity contribution in [1.82, 2.24) is 0 Å². The third-order valence-corrected chi connectivity index (χ3v) is 5.17. The van der Waals surface area contributed by atoms with Gasteiger partial charge in [-0.25, -0.2) is 0 Å². The summed E-state index contributed by atoms with van der Waals surface area (Å²) in [6.45, 7) is 0. The molecule has 0 aliphatic heterocycles. The van der Waals surface area contributed by atoms with E-state index in [1.165, 1.54) is 14.7 Å². The molecule has 0 saturated carbocycles. The number of rotatable bonds is 3. The Balaban J connectivity index is 0. The fourth-order valence-corrected chi connectivity index (χ4v) is 4.18. The summed E-state index contributed by atoms with van der Waals surface area (Å²) in [5.41, 5.74) is 0. The standard InChI is InChI=1S/C18H15S.3BH3O3.BH2O3/c1-4-10-16(11-5-1)19(17-12-6-2-7-13-17)18-14-8-3-9-15-18;4*2-1(3)4/h1-15H;3*2-4H;2-3H/q+1;;;;-1.